The molecule has 2 nitrogen and oxygen atoms in total. The van der Waals surface area contributed by atoms with Crippen molar-refractivity contribution >= 4 is 22.9 Å². The summed E-state index contributed by atoms with van der Waals surface area (Å²) in [7, 11) is 0. The molecule has 0 saturated carbocycles. The molecule has 0 aliphatic rings. The average Bonchev–Trinajstić information content (AvgIpc) is 2.33. The fraction of sp³-hybridized carbons (Fsp3) is 0.571. The smallest absolute Gasteiger partial charge is 0.347 e. The molecule has 74 valence electrons. The standard InChI is InChI=1S/C7H8ClF2NOS/c1-4-3-13-6(11-4)2-5(12)7(8,9)10/h3,5,12H,2H2,1H3. The summed E-state index contributed by atoms with van der Waals surface area (Å²) in [6.45, 7) is 1.76. The molecule has 1 rings (SSSR count). The molecule has 0 saturated heterocycles. The summed E-state index contributed by atoms with van der Waals surface area (Å²) < 4.78 is 24.6. The van der Waals surface area contributed by atoms with Crippen LogP contribution in [-0.2, 0) is 6.42 Å². The number of aliphatic hydroxyl groups excluding tert-OH is 1. The first-order chi connectivity index (χ1) is 5.89. The number of thiazole rings is 1. The fourth-order valence-corrected chi connectivity index (χ4v) is 1.66. The van der Waals surface area contributed by atoms with E-state index in [0.717, 1.165) is 5.69 Å². The minimum atomic E-state index is -3.58. The van der Waals surface area contributed by atoms with Crippen LogP contribution in [0, 0.1) is 6.92 Å². The van der Waals surface area contributed by atoms with Crippen molar-refractivity contribution in [3.8, 4) is 0 Å². The summed E-state index contributed by atoms with van der Waals surface area (Å²) >= 11 is 5.86. The second-order valence-electron chi connectivity index (χ2n) is 2.64. The van der Waals surface area contributed by atoms with Crippen LogP contribution in [0.3, 0.4) is 0 Å². The molecule has 1 unspecified atom stereocenters. The van der Waals surface area contributed by atoms with E-state index in [1.54, 1.807) is 12.3 Å². The molecule has 13 heavy (non-hydrogen) atoms. The Labute approximate surface area is 83.2 Å². The Hall–Kier alpha value is -0.260. The van der Waals surface area contributed by atoms with Gasteiger partial charge in [0.25, 0.3) is 0 Å². The van der Waals surface area contributed by atoms with Crippen LogP contribution in [0.5, 0.6) is 0 Å². The molecule has 1 aromatic heterocycles. The molecular formula is C7H8ClF2NOS. The summed E-state index contributed by atoms with van der Waals surface area (Å²) in [6, 6.07) is 0. The van der Waals surface area contributed by atoms with Crippen LogP contribution in [0.1, 0.15) is 10.7 Å². The van der Waals surface area contributed by atoms with Crippen LogP contribution in [0.2, 0.25) is 0 Å². The highest BCUT2D eigenvalue weighted by molar-refractivity contribution is 7.09. The third-order valence-electron chi connectivity index (χ3n) is 1.41. The van der Waals surface area contributed by atoms with Gasteiger partial charge in [0.15, 0.2) is 0 Å². The lowest BCUT2D eigenvalue weighted by molar-refractivity contribution is -0.0397. The van der Waals surface area contributed by atoms with Crippen molar-refractivity contribution in [1.82, 2.24) is 4.98 Å². The number of rotatable bonds is 3. The van der Waals surface area contributed by atoms with Gasteiger partial charge in [0.05, 0.1) is 5.01 Å². The lowest BCUT2D eigenvalue weighted by Crippen LogP contribution is -2.29. The first kappa shape index (κ1) is 10.8. The van der Waals surface area contributed by atoms with Crippen LogP contribution >= 0.6 is 22.9 Å². The Bertz CT molecular complexity index is 286. The average molecular weight is 228 g/mol. The van der Waals surface area contributed by atoms with Gasteiger partial charge in [-0.15, -0.1) is 11.3 Å². The van der Waals surface area contributed by atoms with Crippen molar-refractivity contribution in [1.29, 1.82) is 0 Å². The zero-order valence-corrected chi connectivity index (χ0v) is 8.37. The van der Waals surface area contributed by atoms with Crippen molar-refractivity contribution in [3.63, 3.8) is 0 Å². The Morgan fingerprint density at radius 1 is 1.77 bits per heavy atom. The molecular weight excluding hydrogens is 220 g/mol. The van der Waals surface area contributed by atoms with Crippen LogP contribution in [0.4, 0.5) is 8.78 Å². The number of aliphatic hydroxyl groups is 1. The maximum absolute atomic E-state index is 12.3. The minimum absolute atomic E-state index is 0.213. The molecule has 0 bridgehead atoms. The third kappa shape index (κ3) is 3.17. The molecule has 1 atom stereocenters. The number of aryl methyl sites for hydroxylation is 1. The molecule has 0 spiro atoms. The van der Waals surface area contributed by atoms with Crippen molar-refractivity contribution in [3.05, 3.63) is 16.1 Å². The second kappa shape index (κ2) is 3.86. The molecule has 1 heterocycles. The molecule has 0 fully saturated rings. The summed E-state index contributed by atoms with van der Waals surface area (Å²) in [6.07, 6.45) is -2.09. The van der Waals surface area contributed by atoms with Gasteiger partial charge in [-0.1, -0.05) is 0 Å². The number of aromatic nitrogens is 1. The van der Waals surface area contributed by atoms with Crippen molar-refractivity contribution < 1.29 is 13.9 Å². The Kier molecular flexibility index (Phi) is 3.21. The topological polar surface area (TPSA) is 33.1 Å². The third-order valence-corrected chi connectivity index (χ3v) is 2.65. The maximum Gasteiger partial charge on any atom is 0.347 e. The van der Waals surface area contributed by atoms with Crippen molar-refractivity contribution in [2.75, 3.05) is 0 Å². The van der Waals surface area contributed by atoms with E-state index < -0.39 is 11.5 Å². The van der Waals surface area contributed by atoms with Gasteiger partial charge in [0.1, 0.15) is 6.10 Å². The van der Waals surface area contributed by atoms with Crippen molar-refractivity contribution in [2.45, 2.75) is 24.8 Å². The molecule has 6 heteroatoms. The SMILES string of the molecule is Cc1csc(CC(O)C(F)(F)Cl)n1. The van der Waals surface area contributed by atoms with Gasteiger partial charge in [-0.2, -0.15) is 8.78 Å². The fourth-order valence-electron chi connectivity index (χ4n) is 0.778. The highest BCUT2D eigenvalue weighted by atomic mass is 35.5. The number of hydrogen-bond acceptors (Lipinski definition) is 3. The maximum atomic E-state index is 12.3. The van der Waals surface area contributed by atoms with E-state index >= 15 is 0 Å². The molecule has 0 aliphatic carbocycles. The van der Waals surface area contributed by atoms with E-state index in [0.29, 0.717) is 5.01 Å². The van der Waals surface area contributed by atoms with Gasteiger partial charge in [0.2, 0.25) is 0 Å². The van der Waals surface area contributed by atoms with E-state index in [9.17, 15) is 8.78 Å². The van der Waals surface area contributed by atoms with Crippen LogP contribution < -0.4 is 0 Å². The first-order valence-corrected chi connectivity index (χ1v) is 4.81. The molecule has 0 amide bonds. The summed E-state index contributed by atoms with van der Waals surface area (Å²) in [5.74, 6) is 0. The molecule has 0 aliphatic heterocycles. The number of hydrogen-bond donors (Lipinski definition) is 1. The zero-order chi connectivity index (χ0) is 10.1. The zero-order valence-electron chi connectivity index (χ0n) is 6.80. The number of alkyl halides is 3. The molecule has 0 aromatic carbocycles. The van der Waals surface area contributed by atoms with E-state index in [2.05, 4.69) is 16.6 Å². The van der Waals surface area contributed by atoms with Gasteiger partial charge < -0.3 is 5.11 Å². The lowest BCUT2D eigenvalue weighted by atomic mass is 10.3. The summed E-state index contributed by atoms with van der Waals surface area (Å²) in [5, 5.41) is 7.54. The van der Waals surface area contributed by atoms with E-state index in [4.69, 9.17) is 5.11 Å². The van der Waals surface area contributed by atoms with Gasteiger partial charge in [0, 0.05) is 17.5 Å². The Morgan fingerprint density at radius 3 is 2.77 bits per heavy atom. The van der Waals surface area contributed by atoms with Gasteiger partial charge in [-0.25, -0.2) is 4.98 Å². The van der Waals surface area contributed by atoms with E-state index in [1.165, 1.54) is 11.3 Å². The summed E-state index contributed by atoms with van der Waals surface area (Å²) in [5.41, 5.74) is 0.755. The molecule has 1 aromatic rings. The van der Waals surface area contributed by atoms with E-state index in [-0.39, 0.29) is 6.42 Å². The monoisotopic (exact) mass is 227 g/mol. The minimum Gasteiger partial charge on any atom is -0.385 e. The van der Waals surface area contributed by atoms with Crippen LogP contribution in [0.15, 0.2) is 5.38 Å². The first-order valence-electron chi connectivity index (χ1n) is 3.55. The largest absolute Gasteiger partial charge is 0.385 e. The second-order valence-corrected chi connectivity index (χ2v) is 4.09. The van der Waals surface area contributed by atoms with Crippen LogP contribution in [-0.4, -0.2) is 21.6 Å². The Morgan fingerprint density at radius 2 is 2.38 bits per heavy atom. The Balaban J connectivity index is 2.60. The van der Waals surface area contributed by atoms with E-state index in [1.807, 2.05) is 0 Å². The molecule has 1 N–H and O–H groups in total. The van der Waals surface area contributed by atoms with Crippen LogP contribution in [0.25, 0.3) is 0 Å². The summed E-state index contributed by atoms with van der Waals surface area (Å²) in [4.78, 5) is 3.93. The normalized spacial score (nSPS) is 14.5. The highest BCUT2D eigenvalue weighted by Crippen LogP contribution is 2.26. The molecule has 0 radical (unpaired) electrons. The number of halogens is 3. The number of nitrogens with zero attached hydrogens (tertiary/aromatic N) is 1. The highest BCUT2D eigenvalue weighted by Gasteiger charge is 2.36. The predicted molar refractivity (Wildman–Crippen MR) is 47.4 cm³/mol. The van der Waals surface area contributed by atoms with Gasteiger partial charge in [-0.3, -0.25) is 0 Å². The van der Waals surface area contributed by atoms with Crippen molar-refractivity contribution in [2.24, 2.45) is 0 Å². The van der Waals surface area contributed by atoms with Gasteiger partial charge in [-0.05, 0) is 18.5 Å². The quantitative estimate of drug-likeness (QED) is 0.803. The lowest BCUT2D eigenvalue weighted by Gasteiger charge is -2.13. The van der Waals surface area contributed by atoms with Gasteiger partial charge >= 0.3 is 5.38 Å². The predicted octanol–water partition coefficient (Wildman–Crippen LogP) is 2.19.